The van der Waals surface area contributed by atoms with Crippen LogP contribution in [0.4, 0.5) is 0 Å². The van der Waals surface area contributed by atoms with Crippen LogP contribution in [-0.2, 0) is 11.2 Å². The number of carbonyl (C=O) groups excluding carboxylic acids is 1. The van der Waals surface area contributed by atoms with E-state index in [4.69, 9.17) is 4.74 Å². The molecule has 0 unspecified atom stereocenters. The van der Waals surface area contributed by atoms with Crippen molar-refractivity contribution in [3.63, 3.8) is 0 Å². The summed E-state index contributed by atoms with van der Waals surface area (Å²) in [4.78, 5) is 14.8. The van der Waals surface area contributed by atoms with Gasteiger partial charge in [-0.3, -0.25) is 4.79 Å². The molecule has 0 spiro atoms. The first-order valence-electron chi connectivity index (χ1n) is 6.70. The molecule has 1 amide bonds. The number of ether oxygens (including phenoxy) is 1. The Morgan fingerprint density at radius 1 is 1.42 bits per heavy atom. The number of aromatic nitrogens is 1. The summed E-state index contributed by atoms with van der Waals surface area (Å²) < 4.78 is 5.41. The quantitative estimate of drug-likeness (QED) is 0.864. The monoisotopic (exact) mass is 258 g/mol. The molecule has 4 nitrogen and oxygen atoms in total. The second-order valence-electron chi connectivity index (χ2n) is 5.00. The highest BCUT2D eigenvalue weighted by atomic mass is 16.5. The number of fused-ring (bicyclic) bond motifs is 1. The van der Waals surface area contributed by atoms with Gasteiger partial charge in [-0.1, -0.05) is 0 Å². The highest BCUT2D eigenvalue weighted by molar-refractivity contribution is 5.85. The minimum absolute atomic E-state index is 0.195. The number of rotatable bonds is 5. The molecule has 4 heteroatoms. The van der Waals surface area contributed by atoms with Gasteiger partial charge in [0.05, 0.1) is 7.11 Å². The molecule has 1 aliphatic carbocycles. The van der Waals surface area contributed by atoms with Crippen molar-refractivity contribution in [3.05, 3.63) is 30.0 Å². The van der Waals surface area contributed by atoms with Gasteiger partial charge in [0, 0.05) is 35.1 Å². The molecule has 100 valence electrons. The van der Waals surface area contributed by atoms with E-state index in [0.717, 1.165) is 36.1 Å². The maximum Gasteiger partial charge on any atom is 0.223 e. The van der Waals surface area contributed by atoms with Gasteiger partial charge in [0.25, 0.3) is 0 Å². The third kappa shape index (κ3) is 2.43. The first-order chi connectivity index (χ1) is 9.29. The number of carbonyl (C=O) groups is 1. The molecule has 1 aromatic carbocycles. The third-order valence-electron chi connectivity index (χ3n) is 3.65. The molecule has 1 aliphatic rings. The highest BCUT2D eigenvalue weighted by Crippen LogP contribution is 2.29. The number of nitrogens with one attached hydrogen (secondary N) is 2. The van der Waals surface area contributed by atoms with Crippen molar-refractivity contribution in [2.75, 3.05) is 13.7 Å². The Balaban J connectivity index is 1.74. The second kappa shape index (κ2) is 4.96. The average Bonchev–Trinajstić information content (AvgIpc) is 3.17. The molecule has 1 aromatic heterocycles. The maximum atomic E-state index is 11.6. The molecule has 0 saturated heterocycles. The summed E-state index contributed by atoms with van der Waals surface area (Å²) in [6.07, 6.45) is 4.80. The van der Waals surface area contributed by atoms with Crippen LogP contribution < -0.4 is 10.1 Å². The zero-order valence-electron chi connectivity index (χ0n) is 11.0. The standard InChI is InChI=1S/C15H18N2O2/c1-19-14-5-4-13-11(6-8-16-13)12(14)7-9-17-15(18)10-2-3-10/h4-6,8,10,16H,2-3,7,9H2,1H3,(H,17,18). The Hall–Kier alpha value is -1.97. The third-order valence-corrected chi connectivity index (χ3v) is 3.65. The van der Waals surface area contributed by atoms with Gasteiger partial charge < -0.3 is 15.0 Å². The Kier molecular flexibility index (Phi) is 3.15. The van der Waals surface area contributed by atoms with E-state index >= 15 is 0 Å². The Bertz CT molecular complexity index is 599. The van der Waals surface area contributed by atoms with E-state index in [2.05, 4.69) is 16.4 Å². The van der Waals surface area contributed by atoms with Crippen LogP contribution >= 0.6 is 0 Å². The first-order valence-corrected chi connectivity index (χ1v) is 6.70. The smallest absolute Gasteiger partial charge is 0.223 e. The van der Waals surface area contributed by atoms with Crippen molar-refractivity contribution in [3.8, 4) is 5.75 Å². The van der Waals surface area contributed by atoms with E-state index in [1.54, 1.807) is 7.11 Å². The Morgan fingerprint density at radius 2 is 2.26 bits per heavy atom. The topological polar surface area (TPSA) is 54.1 Å². The molecule has 0 radical (unpaired) electrons. The Labute approximate surface area is 112 Å². The number of methoxy groups -OCH3 is 1. The van der Waals surface area contributed by atoms with E-state index in [-0.39, 0.29) is 11.8 Å². The minimum atomic E-state index is 0.195. The molecule has 0 bridgehead atoms. The highest BCUT2D eigenvalue weighted by Gasteiger charge is 2.29. The van der Waals surface area contributed by atoms with Crippen LogP contribution in [-0.4, -0.2) is 24.5 Å². The summed E-state index contributed by atoms with van der Waals surface area (Å²) in [5.74, 6) is 1.35. The molecular formula is C15H18N2O2. The number of amides is 1. The summed E-state index contributed by atoms with van der Waals surface area (Å²) >= 11 is 0. The van der Waals surface area contributed by atoms with Crippen molar-refractivity contribution in [1.29, 1.82) is 0 Å². The lowest BCUT2D eigenvalue weighted by Gasteiger charge is -2.10. The van der Waals surface area contributed by atoms with Gasteiger partial charge in [0.2, 0.25) is 5.91 Å². The van der Waals surface area contributed by atoms with Crippen molar-refractivity contribution in [2.45, 2.75) is 19.3 Å². The van der Waals surface area contributed by atoms with E-state index in [9.17, 15) is 4.79 Å². The number of hydrogen-bond acceptors (Lipinski definition) is 2. The summed E-state index contributed by atoms with van der Waals surface area (Å²) in [6, 6.07) is 6.03. The van der Waals surface area contributed by atoms with Gasteiger partial charge in [-0.05, 0) is 37.5 Å². The van der Waals surface area contributed by atoms with Crippen molar-refractivity contribution in [1.82, 2.24) is 10.3 Å². The van der Waals surface area contributed by atoms with E-state index in [1.807, 2.05) is 18.3 Å². The zero-order valence-corrected chi connectivity index (χ0v) is 11.0. The summed E-state index contributed by atoms with van der Waals surface area (Å²) in [7, 11) is 1.68. The molecule has 3 rings (SSSR count). The SMILES string of the molecule is COc1ccc2[nH]ccc2c1CCNC(=O)C1CC1. The fraction of sp³-hybridized carbons (Fsp3) is 0.400. The Morgan fingerprint density at radius 3 is 3.00 bits per heavy atom. The zero-order chi connectivity index (χ0) is 13.2. The van der Waals surface area contributed by atoms with E-state index in [0.29, 0.717) is 6.54 Å². The summed E-state index contributed by atoms with van der Waals surface area (Å²) in [5.41, 5.74) is 2.25. The van der Waals surface area contributed by atoms with Crippen LogP contribution in [0.5, 0.6) is 5.75 Å². The predicted octanol–water partition coefficient (Wildman–Crippen LogP) is 2.25. The van der Waals surface area contributed by atoms with E-state index in [1.165, 1.54) is 5.39 Å². The van der Waals surface area contributed by atoms with Crippen molar-refractivity contribution in [2.24, 2.45) is 5.92 Å². The lowest BCUT2D eigenvalue weighted by atomic mass is 10.1. The lowest BCUT2D eigenvalue weighted by molar-refractivity contribution is -0.122. The summed E-state index contributed by atoms with van der Waals surface area (Å²) in [5, 5.41) is 4.16. The predicted molar refractivity (Wildman–Crippen MR) is 74.3 cm³/mol. The number of H-pyrrole nitrogens is 1. The number of aromatic amines is 1. The minimum Gasteiger partial charge on any atom is -0.496 e. The van der Waals surface area contributed by atoms with Gasteiger partial charge in [0.1, 0.15) is 5.75 Å². The molecule has 1 fully saturated rings. The first kappa shape index (κ1) is 12.1. The molecule has 19 heavy (non-hydrogen) atoms. The van der Waals surface area contributed by atoms with E-state index < -0.39 is 0 Å². The maximum absolute atomic E-state index is 11.6. The number of benzene rings is 1. The fourth-order valence-electron chi connectivity index (χ4n) is 2.43. The molecule has 0 atom stereocenters. The van der Waals surface area contributed by atoms with Crippen molar-refractivity contribution < 1.29 is 9.53 Å². The van der Waals surface area contributed by atoms with Gasteiger partial charge in [-0.2, -0.15) is 0 Å². The van der Waals surface area contributed by atoms with Gasteiger partial charge in [-0.25, -0.2) is 0 Å². The van der Waals surface area contributed by atoms with Crippen LogP contribution in [0.1, 0.15) is 18.4 Å². The van der Waals surface area contributed by atoms with Gasteiger partial charge in [-0.15, -0.1) is 0 Å². The normalized spacial score (nSPS) is 14.6. The summed E-state index contributed by atoms with van der Waals surface area (Å²) in [6.45, 7) is 0.663. The lowest BCUT2D eigenvalue weighted by Crippen LogP contribution is -2.27. The molecule has 1 heterocycles. The largest absolute Gasteiger partial charge is 0.496 e. The van der Waals surface area contributed by atoms with Crippen LogP contribution in [0.15, 0.2) is 24.4 Å². The molecule has 2 aromatic rings. The molecule has 0 aliphatic heterocycles. The molecular weight excluding hydrogens is 240 g/mol. The van der Waals surface area contributed by atoms with Gasteiger partial charge in [0.15, 0.2) is 0 Å². The van der Waals surface area contributed by atoms with Gasteiger partial charge >= 0.3 is 0 Å². The van der Waals surface area contributed by atoms with Crippen LogP contribution in [0, 0.1) is 5.92 Å². The molecule has 2 N–H and O–H groups in total. The van der Waals surface area contributed by atoms with Crippen molar-refractivity contribution >= 4 is 16.8 Å². The van der Waals surface area contributed by atoms with Crippen LogP contribution in [0.25, 0.3) is 10.9 Å². The second-order valence-corrected chi connectivity index (χ2v) is 5.00. The number of hydrogen-bond donors (Lipinski definition) is 2. The van der Waals surface area contributed by atoms with Crippen LogP contribution in [0.2, 0.25) is 0 Å². The fourth-order valence-corrected chi connectivity index (χ4v) is 2.43. The average molecular weight is 258 g/mol. The molecule has 1 saturated carbocycles. The van der Waals surface area contributed by atoms with Crippen LogP contribution in [0.3, 0.4) is 0 Å².